The topological polar surface area (TPSA) is 105 Å². The third-order valence-corrected chi connectivity index (χ3v) is 5.04. The van der Waals surface area contributed by atoms with Crippen LogP contribution < -0.4 is 15.4 Å². The number of benzene rings is 1. The third-order valence-electron chi connectivity index (χ3n) is 4.17. The van der Waals surface area contributed by atoms with E-state index in [2.05, 4.69) is 30.6 Å². The fourth-order valence-corrected chi connectivity index (χ4v) is 3.46. The number of H-pyrrole nitrogens is 1. The molecule has 0 spiro atoms. The van der Waals surface area contributed by atoms with Crippen molar-refractivity contribution in [1.82, 2.24) is 25.3 Å². The van der Waals surface area contributed by atoms with Gasteiger partial charge in [-0.3, -0.25) is 4.79 Å². The Kier molecular flexibility index (Phi) is 9.45. The predicted molar refractivity (Wildman–Crippen MR) is 130 cm³/mol. The highest BCUT2D eigenvalue weighted by molar-refractivity contribution is 7.13. The van der Waals surface area contributed by atoms with Gasteiger partial charge in [-0.1, -0.05) is 12.1 Å². The number of halogens is 2. The van der Waals surface area contributed by atoms with Gasteiger partial charge in [-0.25, -0.2) is 15.0 Å². The van der Waals surface area contributed by atoms with Crippen molar-refractivity contribution in [3.8, 4) is 11.5 Å². The van der Waals surface area contributed by atoms with Gasteiger partial charge in [0.15, 0.2) is 5.13 Å². The van der Waals surface area contributed by atoms with Crippen LogP contribution in [-0.4, -0.2) is 32.4 Å². The molecule has 0 unspecified atom stereocenters. The van der Waals surface area contributed by atoms with E-state index in [0.29, 0.717) is 35.8 Å². The zero-order valence-electron chi connectivity index (χ0n) is 17.1. The van der Waals surface area contributed by atoms with Crippen LogP contribution in [-0.2, 0) is 6.42 Å². The molecule has 1 amide bonds. The molecule has 4 rings (SSSR count). The number of amides is 1. The fraction of sp³-hybridized carbons (Fsp3) is 0.143. The summed E-state index contributed by atoms with van der Waals surface area (Å²) in [6.07, 6.45) is 5.72. The molecule has 3 N–H and O–H groups in total. The Bertz CT molecular complexity index is 1140. The molecule has 32 heavy (non-hydrogen) atoms. The van der Waals surface area contributed by atoms with E-state index in [4.69, 9.17) is 4.74 Å². The van der Waals surface area contributed by atoms with Gasteiger partial charge in [-0.05, 0) is 25.1 Å². The molecule has 168 valence electrons. The van der Waals surface area contributed by atoms with Gasteiger partial charge in [0.25, 0.3) is 5.91 Å². The minimum absolute atomic E-state index is 0. The Morgan fingerprint density at radius 1 is 1.19 bits per heavy atom. The predicted octanol–water partition coefficient (Wildman–Crippen LogP) is 4.92. The fourth-order valence-electron chi connectivity index (χ4n) is 2.76. The lowest BCUT2D eigenvalue weighted by Crippen LogP contribution is -2.26. The largest absolute Gasteiger partial charge is 0.456 e. The standard InChI is InChI=1S/C21H20N6O2S.2ClH/c1-14-12-30-21(26-14)27-19-10-16(7-9-23-19)29-18-5-3-2-4-17(18)20(28)24-8-6-15-11-22-13-25-15;;/h2-5,7,9-13H,6,8H2,1H3,(H,22,25)(H,24,28)(H,23,26,27);2*1H. The van der Waals surface area contributed by atoms with Gasteiger partial charge in [0.1, 0.15) is 17.3 Å². The maximum absolute atomic E-state index is 12.6. The number of carbonyl (C=O) groups excluding carboxylic acids is 1. The van der Waals surface area contributed by atoms with E-state index in [-0.39, 0.29) is 30.7 Å². The quantitative estimate of drug-likeness (QED) is 0.322. The number of aryl methyl sites for hydroxylation is 1. The van der Waals surface area contributed by atoms with Crippen LogP contribution >= 0.6 is 36.2 Å². The molecule has 4 aromatic rings. The number of ether oxygens (including phenoxy) is 1. The second-order valence-corrected chi connectivity index (χ2v) is 7.32. The van der Waals surface area contributed by atoms with Gasteiger partial charge < -0.3 is 20.4 Å². The highest BCUT2D eigenvalue weighted by atomic mass is 35.5. The number of nitrogens with one attached hydrogen (secondary N) is 3. The number of nitrogens with zero attached hydrogens (tertiary/aromatic N) is 3. The van der Waals surface area contributed by atoms with Crippen molar-refractivity contribution in [1.29, 1.82) is 0 Å². The second-order valence-electron chi connectivity index (χ2n) is 6.46. The molecule has 0 radical (unpaired) electrons. The Morgan fingerprint density at radius 3 is 2.78 bits per heavy atom. The van der Waals surface area contributed by atoms with Crippen molar-refractivity contribution in [2.75, 3.05) is 11.9 Å². The molecule has 0 atom stereocenters. The molecule has 0 bridgehead atoms. The van der Waals surface area contributed by atoms with Gasteiger partial charge in [0.2, 0.25) is 0 Å². The van der Waals surface area contributed by atoms with Crippen molar-refractivity contribution in [3.05, 3.63) is 77.5 Å². The summed E-state index contributed by atoms with van der Waals surface area (Å²) in [6.45, 7) is 2.42. The molecule has 0 aliphatic carbocycles. The number of pyridine rings is 1. The van der Waals surface area contributed by atoms with Crippen LogP contribution in [0.1, 0.15) is 21.7 Å². The van der Waals surface area contributed by atoms with Gasteiger partial charge in [-0.15, -0.1) is 36.2 Å². The lowest BCUT2D eigenvalue weighted by molar-refractivity contribution is 0.0952. The number of hydrogen-bond donors (Lipinski definition) is 3. The van der Waals surface area contributed by atoms with Crippen molar-refractivity contribution in [2.45, 2.75) is 13.3 Å². The summed E-state index contributed by atoms with van der Waals surface area (Å²) in [5.74, 6) is 1.45. The number of para-hydroxylation sites is 1. The molecule has 3 heterocycles. The van der Waals surface area contributed by atoms with Crippen molar-refractivity contribution in [3.63, 3.8) is 0 Å². The molecular formula is C21H22Cl2N6O2S. The monoisotopic (exact) mass is 492 g/mol. The highest BCUT2D eigenvalue weighted by Crippen LogP contribution is 2.28. The van der Waals surface area contributed by atoms with Crippen LogP contribution in [0, 0.1) is 6.92 Å². The maximum atomic E-state index is 12.6. The normalized spacial score (nSPS) is 9.91. The zero-order chi connectivity index (χ0) is 20.8. The summed E-state index contributed by atoms with van der Waals surface area (Å²) in [5.41, 5.74) is 2.30. The van der Waals surface area contributed by atoms with E-state index in [1.165, 1.54) is 11.3 Å². The van der Waals surface area contributed by atoms with Crippen LogP contribution in [0.25, 0.3) is 0 Å². The Balaban J connectivity index is 0.00000181. The maximum Gasteiger partial charge on any atom is 0.255 e. The molecule has 1 aromatic carbocycles. The Morgan fingerprint density at radius 2 is 2.03 bits per heavy atom. The molecule has 11 heteroatoms. The van der Waals surface area contributed by atoms with Crippen LogP contribution in [0.15, 0.2) is 60.5 Å². The summed E-state index contributed by atoms with van der Waals surface area (Å²) in [7, 11) is 0. The summed E-state index contributed by atoms with van der Waals surface area (Å²) < 4.78 is 5.99. The lowest BCUT2D eigenvalue weighted by Gasteiger charge is -2.12. The van der Waals surface area contributed by atoms with Crippen molar-refractivity contribution < 1.29 is 9.53 Å². The zero-order valence-corrected chi connectivity index (χ0v) is 19.5. The molecule has 0 fully saturated rings. The smallest absolute Gasteiger partial charge is 0.255 e. The van der Waals surface area contributed by atoms with Crippen molar-refractivity contribution in [2.24, 2.45) is 0 Å². The summed E-state index contributed by atoms with van der Waals surface area (Å²) in [5, 5.41) is 8.78. The molecule has 0 aliphatic rings. The van der Waals surface area contributed by atoms with Gasteiger partial charge >= 0.3 is 0 Å². The number of anilines is 2. The van der Waals surface area contributed by atoms with E-state index >= 15 is 0 Å². The highest BCUT2D eigenvalue weighted by Gasteiger charge is 2.13. The molecule has 0 aliphatic heterocycles. The Labute approximate surface area is 201 Å². The first-order valence-electron chi connectivity index (χ1n) is 9.35. The van der Waals surface area contributed by atoms with E-state index in [1.54, 1.807) is 42.9 Å². The van der Waals surface area contributed by atoms with Crippen LogP contribution in [0.2, 0.25) is 0 Å². The van der Waals surface area contributed by atoms with Crippen molar-refractivity contribution >= 4 is 53.0 Å². The summed E-state index contributed by atoms with van der Waals surface area (Å²) >= 11 is 1.50. The average molecular weight is 493 g/mol. The average Bonchev–Trinajstić information content (AvgIpc) is 3.40. The van der Waals surface area contributed by atoms with Gasteiger partial charge in [0, 0.05) is 36.8 Å². The van der Waals surface area contributed by atoms with Gasteiger partial charge in [-0.2, -0.15) is 0 Å². The number of thiazole rings is 1. The number of carbonyl (C=O) groups is 1. The van der Waals surface area contributed by atoms with E-state index in [1.807, 2.05) is 24.6 Å². The Hall–Kier alpha value is -3.14. The first-order valence-corrected chi connectivity index (χ1v) is 10.2. The van der Waals surface area contributed by atoms with E-state index in [0.717, 1.165) is 16.5 Å². The number of hydrogen-bond acceptors (Lipinski definition) is 7. The van der Waals surface area contributed by atoms with E-state index in [9.17, 15) is 4.79 Å². The molecule has 0 saturated heterocycles. The number of aromatic amines is 1. The SMILES string of the molecule is Cc1csc(Nc2cc(Oc3ccccc3C(=O)NCCc3c[nH]cn3)ccn2)n1.Cl.Cl. The summed E-state index contributed by atoms with van der Waals surface area (Å²) in [4.78, 5) is 28.4. The minimum Gasteiger partial charge on any atom is -0.456 e. The second kappa shape index (κ2) is 12.0. The minimum atomic E-state index is -0.202. The van der Waals surface area contributed by atoms with Crippen LogP contribution in [0.4, 0.5) is 10.9 Å². The number of aromatic nitrogens is 4. The first kappa shape index (κ1) is 25.1. The van der Waals surface area contributed by atoms with E-state index < -0.39 is 0 Å². The summed E-state index contributed by atoms with van der Waals surface area (Å²) in [6, 6.07) is 10.6. The van der Waals surface area contributed by atoms with Crippen LogP contribution in [0.3, 0.4) is 0 Å². The number of rotatable bonds is 8. The van der Waals surface area contributed by atoms with Gasteiger partial charge in [0.05, 0.1) is 23.3 Å². The van der Waals surface area contributed by atoms with Crippen LogP contribution in [0.5, 0.6) is 11.5 Å². The number of imidazole rings is 1. The molecular weight excluding hydrogens is 471 g/mol. The molecule has 8 nitrogen and oxygen atoms in total. The third kappa shape index (κ3) is 6.68. The molecule has 3 aromatic heterocycles. The molecule has 0 saturated carbocycles. The lowest BCUT2D eigenvalue weighted by atomic mass is 10.2. The first-order chi connectivity index (χ1) is 14.7.